The number of hydrogen-bond acceptors (Lipinski definition) is 2. The second-order valence-electron chi connectivity index (χ2n) is 3.98. The van der Waals surface area contributed by atoms with Crippen LogP contribution in [0, 0.1) is 0 Å². The zero-order valence-electron chi connectivity index (χ0n) is 9.75. The van der Waals surface area contributed by atoms with Crippen LogP contribution in [-0.4, -0.2) is 27.4 Å². The molecule has 0 atom stereocenters. The minimum absolute atomic E-state index is 0.208. The number of Topliss-reactive ketones (excluding diaryl/α,β-unsaturated/α-hetero) is 1. The standard InChI is InChI=1S/C12H10ClF3N2O/c13-4-2-6-18-7-9(10(19)12(14,15)16)8-3-1-5-17-11(8)18/h1,3,5,7H,2,4,6H2. The molecule has 0 saturated heterocycles. The van der Waals surface area contributed by atoms with Gasteiger partial charge in [-0.2, -0.15) is 13.2 Å². The van der Waals surface area contributed by atoms with E-state index in [1.807, 2.05) is 0 Å². The first-order valence-corrected chi connectivity index (χ1v) is 6.10. The Morgan fingerprint density at radius 2 is 2.16 bits per heavy atom. The first-order valence-electron chi connectivity index (χ1n) is 5.56. The summed E-state index contributed by atoms with van der Waals surface area (Å²) in [5.41, 5.74) is -0.00890. The molecule has 2 rings (SSSR count). The number of hydrogen-bond donors (Lipinski definition) is 0. The summed E-state index contributed by atoms with van der Waals surface area (Å²) in [7, 11) is 0. The lowest BCUT2D eigenvalue weighted by atomic mass is 10.1. The summed E-state index contributed by atoms with van der Waals surface area (Å²) in [4.78, 5) is 15.4. The molecular formula is C12H10ClF3N2O. The number of fused-ring (bicyclic) bond motifs is 1. The summed E-state index contributed by atoms with van der Waals surface area (Å²) in [5.74, 6) is -1.47. The fraction of sp³-hybridized carbons (Fsp3) is 0.333. The van der Waals surface area contributed by atoms with Crippen molar-refractivity contribution < 1.29 is 18.0 Å². The number of nitrogens with zero attached hydrogens (tertiary/aromatic N) is 2. The Balaban J connectivity index is 2.53. The maximum atomic E-state index is 12.5. The molecule has 102 valence electrons. The fourth-order valence-corrected chi connectivity index (χ4v) is 1.98. The molecule has 0 amide bonds. The highest BCUT2D eigenvalue weighted by Gasteiger charge is 2.40. The molecule has 7 heteroatoms. The Kier molecular flexibility index (Phi) is 3.80. The first kappa shape index (κ1) is 13.9. The number of carbonyl (C=O) groups excluding carboxylic acids is 1. The van der Waals surface area contributed by atoms with Crippen molar-refractivity contribution in [1.29, 1.82) is 0 Å². The summed E-state index contributed by atoms with van der Waals surface area (Å²) >= 11 is 5.56. The van der Waals surface area contributed by atoms with Crippen molar-refractivity contribution in [3.05, 3.63) is 30.1 Å². The summed E-state index contributed by atoms with van der Waals surface area (Å²) < 4.78 is 39.1. The van der Waals surface area contributed by atoms with Gasteiger partial charge in [0.05, 0.1) is 5.56 Å². The molecule has 19 heavy (non-hydrogen) atoms. The number of halogens is 4. The molecule has 0 fully saturated rings. The maximum Gasteiger partial charge on any atom is 0.454 e. The zero-order valence-corrected chi connectivity index (χ0v) is 10.5. The second-order valence-corrected chi connectivity index (χ2v) is 4.36. The summed E-state index contributed by atoms with van der Waals surface area (Å²) in [6.45, 7) is 0.419. The molecule has 3 nitrogen and oxygen atoms in total. The van der Waals surface area contributed by atoms with E-state index in [9.17, 15) is 18.0 Å². The smallest absolute Gasteiger partial charge is 0.332 e. The predicted molar refractivity (Wildman–Crippen MR) is 65.5 cm³/mol. The third-order valence-electron chi connectivity index (χ3n) is 2.67. The van der Waals surface area contributed by atoms with E-state index >= 15 is 0 Å². The number of ketones is 1. The van der Waals surface area contributed by atoms with Crippen LogP contribution in [0.15, 0.2) is 24.5 Å². The van der Waals surface area contributed by atoms with Gasteiger partial charge in [0.25, 0.3) is 5.78 Å². The molecule has 0 aromatic carbocycles. The summed E-state index contributed by atoms with van der Waals surface area (Å²) in [6.07, 6.45) is -1.63. The number of carbonyl (C=O) groups is 1. The topological polar surface area (TPSA) is 34.9 Å². The monoisotopic (exact) mass is 290 g/mol. The molecule has 0 bridgehead atoms. The molecule has 0 saturated carbocycles. The van der Waals surface area contributed by atoms with Gasteiger partial charge < -0.3 is 4.57 Å². The molecule has 0 spiro atoms. The third kappa shape index (κ3) is 2.73. The first-order chi connectivity index (χ1) is 8.95. The number of aryl methyl sites for hydroxylation is 1. The van der Waals surface area contributed by atoms with Gasteiger partial charge in [-0.25, -0.2) is 4.98 Å². The minimum Gasteiger partial charge on any atom is -0.332 e. The Morgan fingerprint density at radius 1 is 1.42 bits per heavy atom. The third-order valence-corrected chi connectivity index (χ3v) is 2.94. The van der Waals surface area contributed by atoms with Gasteiger partial charge in [-0.05, 0) is 18.6 Å². The van der Waals surface area contributed by atoms with Crippen molar-refractivity contribution in [3.63, 3.8) is 0 Å². The molecule has 0 aliphatic rings. The maximum absolute atomic E-state index is 12.5. The number of alkyl halides is 4. The van der Waals surface area contributed by atoms with Crippen molar-refractivity contribution in [3.8, 4) is 0 Å². The molecule has 0 unspecified atom stereocenters. The molecular weight excluding hydrogens is 281 g/mol. The largest absolute Gasteiger partial charge is 0.454 e. The Bertz CT molecular complexity index is 607. The van der Waals surface area contributed by atoms with Crippen LogP contribution in [-0.2, 0) is 6.54 Å². The van der Waals surface area contributed by atoms with E-state index in [0.717, 1.165) is 0 Å². The quantitative estimate of drug-likeness (QED) is 0.639. The highest BCUT2D eigenvalue weighted by molar-refractivity contribution is 6.17. The average molecular weight is 291 g/mol. The zero-order chi connectivity index (χ0) is 14.0. The molecule has 0 aliphatic heterocycles. The summed E-state index contributed by atoms with van der Waals surface area (Å²) in [6, 6.07) is 2.96. The van der Waals surface area contributed by atoms with E-state index in [2.05, 4.69) is 4.98 Å². The van der Waals surface area contributed by atoms with E-state index < -0.39 is 12.0 Å². The van der Waals surface area contributed by atoms with Gasteiger partial charge in [-0.3, -0.25) is 4.79 Å². The lowest BCUT2D eigenvalue weighted by Crippen LogP contribution is -2.22. The van der Waals surface area contributed by atoms with Crippen molar-refractivity contribution in [1.82, 2.24) is 9.55 Å². The van der Waals surface area contributed by atoms with E-state index in [4.69, 9.17) is 11.6 Å². The van der Waals surface area contributed by atoms with Crippen LogP contribution in [0.3, 0.4) is 0 Å². The molecule has 0 aliphatic carbocycles. The van der Waals surface area contributed by atoms with Gasteiger partial charge in [0.15, 0.2) is 0 Å². The Morgan fingerprint density at radius 3 is 2.79 bits per heavy atom. The van der Waals surface area contributed by atoms with Crippen LogP contribution < -0.4 is 0 Å². The predicted octanol–water partition coefficient (Wildman–Crippen LogP) is 3.41. The Labute approximate surface area is 112 Å². The van der Waals surface area contributed by atoms with Gasteiger partial charge in [0.1, 0.15) is 5.65 Å². The second kappa shape index (κ2) is 5.21. The van der Waals surface area contributed by atoms with Crippen LogP contribution in [0.25, 0.3) is 11.0 Å². The van der Waals surface area contributed by atoms with Gasteiger partial charge in [-0.1, -0.05) is 0 Å². The number of aromatic nitrogens is 2. The van der Waals surface area contributed by atoms with Crippen molar-refractivity contribution in [2.24, 2.45) is 0 Å². The van der Waals surface area contributed by atoms with Crippen molar-refractivity contribution >= 4 is 28.4 Å². The highest BCUT2D eigenvalue weighted by Crippen LogP contribution is 2.27. The normalized spacial score (nSPS) is 12.0. The van der Waals surface area contributed by atoms with E-state index in [1.54, 1.807) is 0 Å². The van der Waals surface area contributed by atoms with Crippen LogP contribution in [0.4, 0.5) is 13.2 Å². The molecule has 2 aromatic rings. The lowest BCUT2D eigenvalue weighted by molar-refractivity contribution is -0.0884. The van der Waals surface area contributed by atoms with Gasteiger partial charge in [0.2, 0.25) is 0 Å². The van der Waals surface area contributed by atoms with Crippen LogP contribution in [0.2, 0.25) is 0 Å². The highest BCUT2D eigenvalue weighted by atomic mass is 35.5. The van der Waals surface area contributed by atoms with E-state index in [1.165, 1.54) is 29.1 Å². The van der Waals surface area contributed by atoms with Gasteiger partial charge >= 0.3 is 6.18 Å². The number of rotatable bonds is 4. The van der Waals surface area contributed by atoms with E-state index in [-0.39, 0.29) is 10.9 Å². The van der Waals surface area contributed by atoms with Gasteiger partial charge in [-0.15, -0.1) is 11.6 Å². The average Bonchev–Trinajstić information content (AvgIpc) is 2.73. The molecule has 2 heterocycles. The lowest BCUT2D eigenvalue weighted by Gasteiger charge is -2.02. The minimum atomic E-state index is -4.89. The number of pyridine rings is 1. The summed E-state index contributed by atoms with van der Waals surface area (Å²) in [5, 5.41) is 0.208. The van der Waals surface area contributed by atoms with Crippen LogP contribution in [0.1, 0.15) is 16.8 Å². The SMILES string of the molecule is O=C(c1cn(CCCCl)c2ncccc12)C(F)(F)F. The van der Waals surface area contributed by atoms with Crippen LogP contribution in [0.5, 0.6) is 0 Å². The molecule has 0 N–H and O–H groups in total. The fourth-order valence-electron chi connectivity index (χ4n) is 1.86. The van der Waals surface area contributed by atoms with Crippen molar-refractivity contribution in [2.45, 2.75) is 19.1 Å². The van der Waals surface area contributed by atoms with Gasteiger partial charge in [0, 0.05) is 30.2 Å². The Hall–Kier alpha value is -1.56. The molecule has 0 radical (unpaired) electrons. The van der Waals surface area contributed by atoms with E-state index in [0.29, 0.717) is 24.5 Å². The van der Waals surface area contributed by atoms with Crippen molar-refractivity contribution in [2.75, 3.05) is 5.88 Å². The van der Waals surface area contributed by atoms with Crippen LogP contribution >= 0.6 is 11.6 Å². The molecule has 2 aromatic heterocycles.